The van der Waals surface area contributed by atoms with Crippen LogP contribution in [0.5, 0.6) is 0 Å². The topological polar surface area (TPSA) is 6.48 Å². The highest BCUT2D eigenvalue weighted by Gasteiger charge is 2.49. The lowest BCUT2D eigenvalue weighted by Crippen LogP contribution is -2.60. The van der Waals surface area contributed by atoms with E-state index in [0.717, 1.165) is 0 Å². The van der Waals surface area contributed by atoms with E-state index in [4.69, 9.17) is 0 Å². The molecule has 0 saturated heterocycles. The van der Waals surface area contributed by atoms with E-state index in [-0.39, 0.29) is 28.5 Å². The lowest BCUT2D eigenvalue weighted by Gasteiger charge is -2.46. The standard InChI is InChI=1S/C65H61BN2S/c1-40-32-51-53(64(6,7)30-28-62(51,2)3)38-55(40)67-57-36-46(42-20-14-11-15-21-42)34-49-48-33-44-22-16-17-23-45(44)35-56(48)68(47-26-24-43(25-27-47)41-18-12-10-13-19-41)66(59(49)57)61-60(67)50-37-52-54(39-58(50)69-61)65(8,9)31-29-63(52,4)5/h10-27,32-39H,28-31H2,1-9H3. The summed E-state index contributed by atoms with van der Waals surface area (Å²) in [5.74, 6) is 0. The van der Waals surface area contributed by atoms with Crippen molar-refractivity contribution in [2.75, 3.05) is 9.71 Å². The Hall–Kier alpha value is -6.36. The second-order valence-electron chi connectivity index (χ2n) is 23.5. The van der Waals surface area contributed by atoms with Crippen molar-refractivity contribution in [2.24, 2.45) is 0 Å². The summed E-state index contributed by atoms with van der Waals surface area (Å²) in [5.41, 5.74) is 23.0. The molecular weight excluding hydrogens is 852 g/mol. The van der Waals surface area contributed by atoms with Gasteiger partial charge in [0.05, 0.1) is 5.69 Å². The fourth-order valence-electron chi connectivity index (χ4n) is 12.9. The van der Waals surface area contributed by atoms with Gasteiger partial charge < -0.3 is 9.71 Å². The van der Waals surface area contributed by atoms with Gasteiger partial charge in [0, 0.05) is 43.2 Å². The van der Waals surface area contributed by atoms with Crippen LogP contribution in [0.1, 0.15) is 109 Å². The third-order valence-corrected chi connectivity index (χ3v) is 18.4. The predicted octanol–water partition coefficient (Wildman–Crippen LogP) is 17.1. The van der Waals surface area contributed by atoms with Gasteiger partial charge in [0.2, 0.25) is 0 Å². The smallest absolute Gasteiger partial charge is 0.343 e. The molecule has 2 aliphatic carbocycles. The molecule has 69 heavy (non-hydrogen) atoms. The van der Waals surface area contributed by atoms with Crippen LogP contribution in [-0.4, -0.2) is 6.85 Å². The van der Waals surface area contributed by atoms with Gasteiger partial charge in [0.15, 0.2) is 0 Å². The first-order valence-electron chi connectivity index (χ1n) is 25.4. The molecule has 0 unspecified atom stereocenters. The summed E-state index contributed by atoms with van der Waals surface area (Å²) in [6.07, 6.45) is 4.73. The zero-order valence-corrected chi connectivity index (χ0v) is 42.5. The van der Waals surface area contributed by atoms with Crippen molar-refractivity contribution in [3.63, 3.8) is 0 Å². The SMILES string of the molecule is Cc1cc2c(cc1N1c3cc(-c4ccccc4)cc4c3B(c3sc5cc6c(cc5c31)C(C)(C)CCC6(C)C)N(c1ccc(-c3ccccc3)cc1)c1cc3ccccc3cc1-4)C(C)(C)CCC2(C)C. The maximum Gasteiger partial charge on any atom is 0.343 e. The number of rotatable bonds is 4. The molecule has 0 N–H and O–H groups in total. The fraction of sp³-hybridized carbons (Fsp3) is 0.262. The zero-order valence-electron chi connectivity index (χ0n) is 41.7. The summed E-state index contributed by atoms with van der Waals surface area (Å²) in [7, 11) is 0. The Kier molecular flexibility index (Phi) is 9.18. The molecule has 0 saturated carbocycles. The highest BCUT2D eigenvalue weighted by atomic mass is 32.1. The molecule has 13 rings (SSSR count). The minimum atomic E-state index is -0.0777. The van der Waals surface area contributed by atoms with Crippen molar-refractivity contribution >= 4 is 77.7 Å². The Morgan fingerprint density at radius 3 is 1.59 bits per heavy atom. The Morgan fingerprint density at radius 2 is 0.971 bits per heavy atom. The first-order valence-corrected chi connectivity index (χ1v) is 26.2. The Morgan fingerprint density at radius 1 is 0.449 bits per heavy atom. The average Bonchev–Trinajstić information content (AvgIpc) is 3.73. The number of hydrogen-bond donors (Lipinski definition) is 0. The van der Waals surface area contributed by atoms with E-state index in [1.54, 1.807) is 0 Å². The lowest BCUT2D eigenvalue weighted by atomic mass is 9.46. The van der Waals surface area contributed by atoms with Crippen molar-refractivity contribution in [3.8, 4) is 33.4 Å². The largest absolute Gasteiger partial charge is 0.376 e. The second kappa shape index (κ2) is 14.8. The normalized spacial score (nSPS) is 17.8. The number of benzene rings is 8. The van der Waals surface area contributed by atoms with Gasteiger partial charge in [-0.25, -0.2) is 0 Å². The summed E-state index contributed by atoms with van der Waals surface area (Å²) >= 11 is 2.04. The van der Waals surface area contributed by atoms with E-state index in [1.807, 2.05) is 11.3 Å². The van der Waals surface area contributed by atoms with E-state index in [1.165, 1.54) is 146 Å². The number of aryl methyl sites for hydroxylation is 1. The first kappa shape index (κ1) is 42.7. The van der Waals surface area contributed by atoms with Gasteiger partial charge in [-0.1, -0.05) is 159 Å². The number of fused-ring (bicyclic) bond motifs is 9. The quantitative estimate of drug-likeness (QED) is 0.162. The molecule has 3 heterocycles. The van der Waals surface area contributed by atoms with Gasteiger partial charge in [-0.15, -0.1) is 11.3 Å². The number of anilines is 5. The predicted molar refractivity (Wildman–Crippen MR) is 299 cm³/mol. The second-order valence-corrected chi connectivity index (χ2v) is 24.6. The van der Waals surface area contributed by atoms with Crippen molar-refractivity contribution in [2.45, 2.75) is 110 Å². The van der Waals surface area contributed by atoms with E-state index in [2.05, 4.69) is 230 Å². The Balaban J connectivity index is 1.18. The Bertz CT molecular complexity index is 3580. The summed E-state index contributed by atoms with van der Waals surface area (Å²) in [4.78, 5) is 5.48. The minimum absolute atomic E-state index is 0.0495. The molecule has 9 aromatic rings. The Labute approximate surface area is 413 Å². The molecular formula is C65H61BN2S. The van der Waals surface area contributed by atoms with Crippen molar-refractivity contribution in [1.29, 1.82) is 0 Å². The maximum atomic E-state index is 2.76. The van der Waals surface area contributed by atoms with Gasteiger partial charge in [-0.05, 0) is 181 Å². The molecule has 4 aliphatic rings. The number of nitrogens with zero attached hydrogens (tertiary/aromatic N) is 2. The van der Waals surface area contributed by atoms with Crippen LogP contribution in [0.3, 0.4) is 0 Å². The number of hydrogen-bond acceptors (Lipinski definition) is 3. The lowest BCUT2D eigenvalue weighted by molar-refractivity contribution is 0.332. The van der Waals surface area contributed by atoms with Crippen LogP contribution in [-0.2, 0) is 21.7 Å². The highest BCUT2D eigenvalue weighted by molar-refractivity contribution is 7.32. The van der Waals surface area contributed by atoms with Gasteiger partial charge >= 0.3 is 6.85 Å². The molecule has 0 spiro atoms. The molecule has 0 amide bonds. The monoisotopic (exact) mass is 912 g/mol. The first-order chi connectivity index (χ1) is 33.1. The van der Waals surface area contributed by atoms with Gasteiger partial charge in [0.25, 0.3) is 0 Å². The van der Waals surface area contributed by atoms with Crippen LogP contribution >= 0.6 is 11.3 Å². The van der Waals surface area contributed by atoms with Crippen molar-refractivity contribution < 1.29 is 0 Å². The maximum absolute atomic E-state index is 2.76. The zero-order chi connectivity index (χ0) is 47.4. The van der Waals surface area contributed by atoms with Crippen molar-refractivity contribution in [1.82, 2.24) is 0 Å². The highest BCUT2D eigenvalue weighted by Crippen LogP contribution is 2.56. The summed E-state index contributed by atoms with van der Waals surface area (Å²) in [6, 6.07) is 60.8. The molecule has 340 valence electrons. The van der Waals surface area contributed by atoms with Gasteiger partial charge in [-0.2, -0.15) is 0 Å². The van der Waals surface area contributed by atoms with Crippen LogP contribution in [0.2, 0.25) is 0 Å². The third kappa shape index (κ3) is 6.43. The van der Waals surface area contributed by atoms with E-state index < -0.39 is 0 Å². The molecule has 2 aliphatic heterocycles. The van der Waals surface area contributed by atoms with Gasteiger partial charge in [-0.3, -0.25) is 0 Å². The molecule has 4 heteroatoms. The van der Waals surface area contributed by atoms with Crippen LogP contribution < -0.4 is 20.0 Å². The summed E-state index contributed by atoms with van der Waals surface area (Å²) in [5, 5.41) is 3.89. The average molecular weight is 913 g/mol. The van der Waals surface area contributed by atoms with E-state index in [9.17, 15) is 0 Å². The van der Waals surface area contributed by atoms with Crippen LogP contribution in [0.15, 0.2) is 158 Å². The molecule has 0 bridgehead atoms. The molecule has 0 atom stereocenters. The third-order valence-electron chi connectivity index (χ3n) is 17.2. The molecule has 8 aromatic carbocycles. The summed E-state index contributed by atoms with van der Waals surface area (Å²) in [6.45, 7) is 22.1. The van der Waals surface area contributed by atoms with Crippen LogP contribution in [0.4, 0.5) is 28.4 Å². The molecule has 0 fully saturated rings. The minimum Gasteiger partial charge on any atom is -0.376 e. The van der Waals surface area contributed by atoms with E-state index in [0.29, 0.717) is 0 Å². The van der Waals surface area contributed by atoms with Gasteiger partial charge in [0.1, 0.15) is 0 Å². The molecule has 2 nitrogen and oxygen atoms in total. The number of thiophene rings is 1. The van der Waals surface area contributed by atoms with E-state index >= 15 is 0 Å². The molecule has 0 radical (unpaired) electrons. The van der Waals surface area contributed by atoms with Crippen LogP contribution in [0, 0.1) is 6.92 Å². The molecule has 1 aromatic heterocycles. The summed E-state index contributed by atoms with van der Waals surface area (Å²) < 4.78 is 2.79. The van der Waals surface area contributed by atoms with Crippen molar-refractivity contribution in [3.05, 3.63) is 186 Å². The van der Waals surface area contributed by atoms with Crippen LogP contribution in [0.25, 0.3) is 54.2 Å². The fourth-order valence-corrected chi connectivity index (χ4v) is 14.2.